The van der Waals surface area contributed by atoms with Crippen molar-refractivity contribution in [2.45, 2.75) is 6.42 Å². The Labute approximate surface area is 87.6 Å². The molecule has 0 aromatic carbocycles. The monoisotopic (exact) mass is 216 g/mol. The van der Waals surface area contributed by atoms with Gasteiger partial charge < -0.3 is 5.32 Å². The molecule has 0 unspecified atom stereocenters. The standard InChI is InChI=1S/C9H10Cl2N2/c1-2-3-4-12-9-8(11)5-7(10)6-13-9/h2,5-6H,1,3-4H2,(H,12,13). The third-order valence-corrected chi connectivity index (χ3v) is 1.94. The summed E-state index contributed by atoms with van der Waals surface area (Å²) in [5.74, 6) is 0.660. The smallest absolute Gasteiger partial charge is 0.144 e. The van der Waals surface area contributed by atoms with Gasteiger partial charge in [-0.05, 0) is 12.5 Å². The third kappa shape index (κ3) is 3.25. The maximum Gasteiger partial charge on any atom is 0.144 e. The van der Waals surface area contributed by atoms with Gasteiger partial charge in [-0.1, -0.05) is 29.3 Å². The molecule has 0 aliphatic carbocycles. The van der Waals surface area contributed by atoms with Gasteiger partial charge in [0.1, 0.15) is 5.82 Å². The molecule has 0 bridgehead atoms. The van der Waals surface area contributed by atoms with Crippen molar-refractivity contribution in [3.8, 4) is 0 Å². The Bertz CT molecular complexity index is 300. The molecule has 1 rings (SSSR count). The number of pyridine rings is 1. The summed E-state index contributed by atoms with van der Waals surface area (Å²) in [6, 6.07) is 1.66. The average Bonchev–Trinajstić information content (AvgIpc) is 2.09. The van der Waals surface area contributed by atoms with E-state index >= 15 is 0 Å². The maximum atomic E-state index is 5.87. The van der Waals surface area contributed by atoms with Crippen molar-refractivity contribution in [3.63, 3.8) is 0 Å². The molecule has 0 amide bonds. The van der Waals surface area contributed by atoms with E-state index in [2.05, 4.69) is 16.9 Å². The molecular formula is C9H10Cl2N2. The van der Waals surface area contributed by atoms with Gasteiger partial charge in [-0.15, -0.1) is 6.58 Å². The zero-order valence-electron chi connectivity index (χ0n) is 7.06. The summed E-state index contributed by atoms with van der Waals surface area (Å²) in [6.07, 6.45) is 4.27. The second kappa shape index (κ2) is 5.10. The molecule has 2 nitrogen and oxygen atoms in total. The summed E-state index contributed by atoms with van der Waals surface area (Å²) in [5.41, 5.74) is 0. The second-order valence-electron chi connectivity index (χ2n) is 2.49. The topological polar surface area (TPSA) is 24.9 Å². The lowest BCUT2D eigenvalue weighted by atomic mass is 10.4. The predicted octanol–water partition coefficient (Wildman–Crippen LogP) is 3.38. The van der Waals surface area contributed by atoms with Crippen LogP contribution in [0.4, 0.5) is 5.82 Å². The zero-order chi connectivity index (χ0) is 9.68. The summed E-state index contributed by atoms with van der Waals surface area (Å²) in [7, 11) is 0. The molecule has 0 aliphatic rings. The van der Waals surface area contributed by atoms with Crippen molar-refractivity contribution in [2.24, 2.45) is 0 Å². The summed E-state index contributed by atoms with van der Waals surface area (Å²) >= 11 is 11.6. The fourth-order valence-corrected chi connectivity index (χ4v) is 1.28. The van der Waals surface area contributed by atoms with Gasteiger partial charge >= 0.3 is 0 Å². The molecule has 13 heavy (non-hydrogen) atoms. The number of hydrogen-bond acceptors (Lipinski definition) is 2. The van der Waals surface area contributed by atoms with Crippen LogP contribution in [0.25, 0.3) is 0 Å². The van der Waals surface area contributed by atoms with Crippen LogP contribution >= 0.6 is 23.2 Å². The Morgan fingerprint density at radius 1 is 1.54 bits per heavy atom. The summed E-state index contributed by atoms with van der Waals surface area (Å²) in [6.45, 7) is 4.39. The molecule has 0 radical (unpaired) electrons. The molecule has 0 fully saturated rings. The van der Waals surface area contributed by atoms with Gasteiger partial charge in [-0.3, -0.25) is 0 Å². The van der Waals surface area contributed by atoms with Crippen LogP contribution in [-0.4, -0.2) is 11.5 Å². The Hall–Kier alpha value is -0.730. The van der Waals surface area contributed by atoms with Crippen molar-refractivity contribution >= 4 is 29.0 Å². The van der Waals surface area contributed by atoms with Crippen molar-refractivity contribution < 1.29 is 0 Å². The molecule has 1 aromatic heterocycles. The molecule has 4 heteroatoms. The highest BCUT2D eigenvalue weighted by Crippen LogP contribution is 2.22. The van der Waals surface area contributed by atoms with Crippen LogP contribution in [0.3, 0.4) is 0 Å². The van der Waals surface area contributed by atoms with Crippen molar-refractivity contribution in [2.75, 3.05) is 11.9 Å². The van der Waals surface area contributed by atoms with Crippen LogP contribution in [0.2, 0.25) is 10.0 Å². The van der Waals surface area contributed by atoms with Gasteiger partial charge in [0, 0.05) is 12.7 Å². The van der Waals surface area contributed by atoms with Crippen LogP contribution < -0.4 is 5.32 Å². The molecule has 1 aromatic rings. The van der Waals surface area contributed by atoms with Crippen molar-refractivity contribution in [3.05, 3.63) is 35.0 Å². The summed E-state index contributed by atoms with van der Waals surface area (Å²) in [5, 5.41) is 4.15. The van der Waals surface area contributed by atoms with Gasteiger partial charge in [0.15, 0.2) is 0 Å². The van der Waals surface area contributed by atoms with Gasteiger partial charge in [0.05, 0.1) is 10.0 Å². The highest BCUT2D eigenvalue weighted by molar-refractivity contribution is 6.35. The van der Waals surface area contributed by atoms with E-state index in [1.807, 2.05) is 6.08 Å². The lowest BCUT2D eigenvalue weighted by Gasteiger charge is -2.05. The van der Waals surface area contributed by atoms with E-state index in [1.54, 1.807) is 12.3 Å². The largest absolute Gasteiger partial charge is 0.369 e. The fourth-order valence-electron chi connectivity index (χ4n) is 0.837. The minimum absolute atomic E-state index is 0.538. The Balaban J connectivity index is 2.61. The Morgan fingerprint density at radius 3 is 2.92 bits per heavy atom. The number of aromatic nitrogens is 1. The minimum atomic E-state index is 0.538. The van der Waals surface area contributed by atoms with Gasteiger partial charge in [0.25, 0.3) is 0 Å². The van der Waals surface area contributed by atoms with E-state index in [-0.39, 0.29) is 0 Å². The van der Waals surface area contributed by atoms with Crippen LogP contribution in [-0.2, 0) is 0 Å². The Morgan fingerprint density at radius 2 is 2.31 bits per heavy atom. The number of nitrogens with zero attached hydrogens (tertiary/aromatic N) is 1. The van der Waals surface area contributed by atoms with Crippen LogP contribution in [0, 0.1) is 0 Å². The fraction of sp³-hybridized carbons (Fsp3) is 0.222. The third-order valence-electron chi connectivity index (χ3n) is 1.45. The first-order valence-corrected chi connectivity index (χ1v) is 4.65. The summed E-state index contributed by atoms with van der Waals surface area (Å²) in [4.78, 5) is 4.04. The molecule has 0 aliphatic heterocycles. The summed E-state index contributed by atoms with van der Waals surface area (Å²) < 4.78 is 0. The predicted molar refractivity (Wildman–Crippen MR) is 57.6 cm³/mol. The average molecular weight is 217 g/mol. The second-order valence-corrected chi connectivity index (χ2v) is 3.33. The van der Waals surface area contributed by atoms with E-state index in [4.69, 9.17) is 23.2 Å². The SMILES string of the molecule is C=CCCNc1ncc(Cl)cc1Cl. The molecule has 1 heterocycles. The quantitative estimate of drug-likeness (QED) is 0.617. The van der Waals surface area contributed by atoms with Crippen molar-refractivity contribution in [1.82, 2.24) is 4.98 Å². The highest BCUT2D eigenvalue weighted by Gasteiger charge is 2.00. The van der Waals surface area contributed by atoms with Crippen molar-refractivity contribution in [1.29, 1.82) is 0 Å². The van der Waals surface area contributed by atoms with E-state index in [0.29, 0.717) is 15.9 Å². The van der Waals surface area contributed by atoms with E-state index in [9.17, 15) is 0 Å². The molecule has 70 valence electrons. The van der Waals surface area contributed by atoms with Gasteiger partial charge in [0.2, 0.25) is 0 Å². The number of halogens is 2. The van der Waals surface area contributed by atoms with E-state index in [0.717, 1.165) is 13.0 Å². The van der Waals surface area contributed by atoms with Crippen LogP contribution in [0.5, 0.6) is 0 Å². The van der Waals surface area contributed by atoms with Gasteiger partial charge in [-0.2, -0.15) is 0 Å². The van der Waals surface area contributed by atoms with E-state index < -0.39 is 0 Å². The minimum Gasteiger partial charge on any atom is -0.369 e. The van der Waals surface area contributed by atoms with Crippen LogP contribution in [0.15, 0.2) is 24.9 Å². The first-order chi connectivity index (χ1) is 6.24. The maximum absolute atomic E-state index is 5.87. The normalized spacial score (nSPS) is 9.69. The molecule has 0 atom stereocenters. The lowest BCUT2D eigenvalue weighted by molar-refractivity contribution is 1.05. The molecule has 0 spiro atoms. The van der Waals surface area contributed by atoms with Crippen LogP contribution in [0.1, 0.15) is 6.42 Å². The molecular weight excluding hydrogens is 207 g/mol. The van der Waals surface area contributed by atoms with Gasteiger partial charge in [-0.25, -0.2) is 4.98 Å². The first kappa shape index (κ1) is 10.4. The number of nitrogens with one attached hydrogen (secondary N) is 1. The first-order valence-electron chi connectivity index (χ1n) is 3.90. The van der Waals surface area contributed by atoms with E-state index in [1.165, 1.54) is 0 Å². The molecule has 1 N–H and O–H groups in total. The highest BCUT2D eigenvalue weighted by atomic mass is 35.5. The Kier molecular flexibility index (Phi) is 4.06. The zero-order valence-corrected chi connectivity index (χ0v) is 8.57. The molecule has 0 saturated carbocycles. The molecule has 0 saturated heterocycles. The lowest BCUT2D eigenvalue weighted by Crippen LogP contribution is -2.02. The number of anilines is 1. The number of rotatable bonds is 4. The number of hydrogen-bond donors (Lipinski definition) is 1.